The highest BCUT2D eigenvalue weighted by atomic mass is 16.5. The summed E-state index contributed by atoms with van der Waals surface area (Å²) in [6.07, 6.45) is 5.43. The molecule has 0 unspecified atom stereocenters. The predicted octanol–water partition coefficient (Wildman–Crippen LogP) is 3.11. The van der Waals surface area contributed by atoms with Gasteiger partial charge in [0.25, 0.3) is 5.91 Å². The molecule has 0 N–H and O–H groups in total. The largest absolute Gasteiger partial charge is 0.381 e. The summed E-state index contributed by atoms with van der Waals surface area (Å²) in [6, 6.07) is 12.3. The first-order chi connectivity index (χ1) is 11.7. The van der Waals surface area contributed by atoms with Gasteiger partial charge in [0.2, 0.25) is 0 Å². The number of hydrogen-bond acceptors (Lipinski definition) is 3. The molecule has 0 spiro atoms. The predicted molar refractivity (Wildman–Crippen MR) is 93.9 cm³/mol. The molecule has 24 heavy (non-hydrogen) atoms. The minimum absolute atomic E-state index is 0.0683. The molecule has 1 fully saturated rings. The average molecular weight is 324 g/mol. The van der Waals surface area contributed by atoms with Crippen LogP contribution in [-0.4, -0.2) is 42.1 Å². The fourth-order valence-corrected chi connectivity index (χ4v) is 3.47. The number of carbonyl (C=O) groups is 1. The van der Waals surface area contributed by atoms with Crippen LogP contribution in [0, 0.1) is 12.8 Å². The molecule has 2 aromatic rings. The maximum absolute atomic E-state index is 12.8. The number of hydrogen-bond donors (Lipinski definition) is 0. The Bertz CT molecular complexity index is 687. The molecule has 4 heteroatoms. The van der Waals surface area contributed by atoms with Gasteiger partial charge in [0, 0.05) is 38.5 Å². The minimum atomic E-state index is 0.0683. The van der Waals surface area contributed by atoms with Gasteiger partial charge in [-0.05, 0) is 37.0 Å². The zero-order chi connectivity index (χ0) is 16.9. The summed E-state index contributed by atoms with van der Waals surface area (Å²) in [5.41, 5.74) is 2.97. The molecule has 1 amide bonds. The van der Waals surface area contributed by atoms with E-state index in [1.165, 1.54) is 5.56 Å². The smallest absolute Gasteiger partial charge is 0.255 e. The van der Waals surface area contributed by atoms with Gasteiger partial charge in [-0.1, -0.05) is 30.3 Å². The molecule has 4 nitrogen and oxygen atoms in total. The Morgan fingerprint density at radius 2 is 2.08 bits per heavy atom. The van der Waals surface area contributed by atoms with Crippen molar-refractivity contribution in [3.05, 3.63) is 65.5 Å². The van der Waals surface area contributed by atoms with E-state index in [-0.39, 0.29) is 12.0 Å². The van der Waals surface area contributed by atoms with Crippen LogP contribution >= 0.6 is 0 Å². The van der Waals surface area contributed by atoms with Crippen LogP contribution in [0.3, 0.4) is 0 Å². The third-order valence-corrected chi connectivity index (χ3v) is 4.72. The van der Waals surface area contributed by atoms with Crippen molar-refractivity contribution in [3.8, 4) is 0 Å². The molecule has 0 bridgehead atoms. The highest BCUT2D eigenvalue weighted by Crippen LogP contribution is 2.25. The van der Waals surface area contributed by atoms with Crippen LogP contribution < -0.4 is 0 Å². The number of rotatable bonds is 4. The second-order valence-corrected chi connectivity index (χ2v) is 6.51. The van der Waals surface area contributed by atoms with Gasteiger partial charge in [-0.3, -0.25) is 9.78 Å². The second kappa shape index (κ2) is 7.58. The molecule has 1 aliphatic rings. The first-order valence-electron chi connectivity index (χ1n) is 8.45. The molecule has 1 aromatic heterocycles. The molecule has 0 aliphatic carbocycles. The van der Waals surface area contributed by atoms with Crippen molar-refractivity contribution in [3.63, 3.8) is 0 Å². The molecule has 0 radical (unpaired) electrons. The van der Waals surface area contributed by atoms with Gasteiger partial charge in [-0.15, -0.1) is 0 Å². The van der Waals surface area contributed by atoms with Crippen LogP contribution in [-0.2, 0) is 11.2 Å². The Morgan fingerprint density at radius 1 is 1.29 bits per heavy atom. The van der Waals surface area contributed by atoms with Gasteiger partial charge < -0.3 is 9.64 Å². The summed E-state index contributed by atoms with van der Waals surface area (Å²) in [5, 5.41) is 0. The van der Waals surface area contributed by atoms with Crippen molar-refractivity contribution < 1.29 is 9.53 Å². The van der Waals surface area contributed by atoms with Crippen molar-refractivity contribution in [1.82, 2.24) is 9.88 Å². The number of pyridine rings is 1. The topological polar surface area (TPSA) is 42.4 Å². The summed E-state index contributed by atoms with van der Waals surface area (Å²) in [7, 11) is 1.77. The van der Waals surface area contributed by atoms with E-state index in [1.54, 1.807) is 19.5 Å². The third kappa shape index (κ3) is 3.82. The molecule has 3 rings (SSSR count). The minimum Gasteiger partial charge on any atom is -0.381 e. The summed E-state index contributed by atoms with van der Waals surface area (Å²) in [4.78, 5) is 18.9. The lowest BCUT2D eigenvalue weighted by molar-refractivity contribution is -0.00300. The van der Waals surface area contributed by atoms with Gasteiger partial charge in [-0.2, -0.15) is 0 Å². The summed E-state index contributed by atoms with van der Waals surface area (Å²) in [6.45, 7) is 3.41. The highest BCUT2D eigenvalue weighted by molar-refractivity contribution is 5.94. The average Bonchev–Trinajstić information content (AvgIpc) is 2.62. The molecule has 0 saturated carbocycles. The van der Waals surface area contributed by atoms with Crippen molar-refractivity contribution in [2.75, 3.05) is 20.2 Å². The Balaban J connectivity index is 1.73. The van der Waals surface area contributed by atoms with Crippen LogP contribution in [0.1, 0.15) is 27.9 Å². The Kier molecular flexibility index (Phi) is 5.26. The van der Waals surface area contributed by atoms with Crippen LogP contribution in [0.25, 0.3) is 0 Å². The fourth-order valence-electron chi connectivity index (χ4n) is 3.47. The lowest BCUT2D eigenvalue weighted by Gasteiger charge is -2.38. The summed E-state index contributed by atoms with van der Waals surface area (Å²) >= 11 is 0. The molecule has 1 saturated heterocycles. The van der Waals surface area contributed by atoms with Gasteiger partial charge in [0.1, 0.15) is 0 Å². The SMILES string of the molecule is CO[C@@H]1CCN(C(=O)c2cncc(C)c2)C[C@H]1Cc1ccccc1. The number of benzene rings is 1. The van der Waals surface area contributed by atoms with Crippen molar-refractivity contribution in [2.45, 2.75) is 25.9 Å². The third-order valence-electron chi connectivity index (χ3n) is 4.72. The van der Waals surface area contributed by atoms with E-state index in [9.17, 15) is 4.79 Å². The van der Waals surface area contributed by atoms with E-state index in [0.717, 1.165) is 31.5 Å². The van der Waals surface area contributed by atoms with E-state index in [2.05, 4.69) is 29.2 Å². The Morgan fingerprint density at radius 3 is 2.79 bits per heavy atom. The number of ether oxygens (including phenoxy) is 1. The number of carbonyl (C=O) groups excluding carboxylic acids is 1. The summed E-state index contributed by atoms with van der Waals surface area (Å²) in [5.74, 6) is 0.381. The molecular weight excluding hydrogens is 300 g/mol. The van der Waals surface area contributed by atoms with Crippen molar-refractivity contribution in [2.24, 2.45) is 5.92 Å². The van der Waals surface area contributed by atoms with Crippen LogP contribution in [0.5, 0.6) is 0 Å². The van der Waals surface area contributed by atoms with Crippen LogP contribution in [0.4, 0.5) is 0 Å². The molecule has 2 atom stereocenters. The molecule has 126 valence electrons. The van der Waals surface area contributed by atoms with Crippen molar-refractivity contribution >= 4 is 5.91 Å². The zero-order valence-corrected chi connectivity index (χ0v) is 14.3. The maximum atomic E-state index is 12.8. The molecule has 2 heterocycles. The second-order valence-electron chi connectivity index (χ2n) is 6.51. The normalized spacial score (nSPS) is 20.8. The van der Waals surface area contributed by atoms with Crippen molar-refractivity contribution in [1.29, 1.82) is 0 Å². The first-order valence-corrected chi connectivity index (χ1v) is 8.45. The van der Waals surface area contributed by atoms with Crippen LogP contribution in [0.15, 0.2) is 48.8 Å². The number of piperidine rings is 1. The Labute approximate surface area is 143 Å². The standard InChI is InChI=1S/C20H24N2O2/c1-15-10-17(13-21-12-15)20(23)22-9-8-19(24-2)18(14-22)11-16-6-4-3-5-7-16/h3-7,10,12-13,18-19H,8-9,11,14H2,1-2H3/t18-,19-/m1/s1. The summed E-state index contributed by atoms with van der Waals surface area (Å²) < 4.78 is 5.68. The highest BCUT2D eigenvalue weighted by Gasteiger charge is 2.32. The lowest BCUT2D eigenvalue weighted by atomic mass is 9.88. The van der Waals surface area contributed by atoms with Gasteiger partial charge in [0.05, 0.1) is 11.7 Å². The zero-order valence-electron chi connectivity index (χ0n) is 14.3. The fraction of sp³-hybridized carbons (Fsp3) is 0.400. The van der Waals surface area contributed by atoms with E-state index in [1.807, 2.05) is 24.0 Å². The van der Waals surface area contributed by atoms with Gasteiger partial charge in [0.15, 0.2) is 0 Å². The van der Waals surface area contributed by atoms with Crippen LogP contribution in [0.2, 0.25) is 0 Å². The van der Waals surface area contributed by atoms with Gasteiger partial charge >= 0.3 is 0 Å². The number of aryl methyl sites for hydroxylation is 1. The van der Waals surface area contributed by atoms with E-state index >= 15 is 0 Å². The van der Waals surface area contributed by atoms with E-state index < -0.39 is 0 Å². The number of nitrogens with zero attached hydrogens (tertiary/aromatic N) is 2. The van der Waals surface area contributed by atoms with E-state index in [4.69, 9.17) is 4.74 Å². The van der Waals surface area contributed by atoms with Gasteiger partial charge in [-0.25, -0.2) is 0 Å². The maximum Gasteiger partial charge on any atom is 0.255 e. The molecular formula is C20H24N2O2. The lowest BCUT2D eigenvalue weighted by Crippen LogP contribution is -2.47. The Hall–Kier alpha value is -2.20. The molecule has 1 aromatic carbocycles. The van der Waals surface area contributed by atoms with E-state index in [0.29, 0.717) is 11.5 Å². The monoisotopic (exact) mass is 324 g/mol. The quantitative estimate of drug-likeness (QED) is 0.868. The number of aromatic nitrogens is 1. The number of methoxy groups -OCH3 is 1. The number of amides is 1. The molecule has 1 aliphatic heterocycles. The first kappa shape index (κ1) is 16.7. The number of likely N-dealkylation sites (tertiary alicyclic amines) is 1.